The number of carbonyl (C=O) groups excluding carboxylic acids is 4. The Hall–Kier alpha value is -15.0. The van der Waals surface area contributed by atoms with Crippen molar-refractivity contribution in [1.82, 2.24) is 40.0 Å². The third kappa shape index (κ3) is 20.7. The van der Waals surface area contributed by atoms with Gasteiger partial charge in [-0.3, -0.25) is 43.2 Å². The highest BCUT2D eigenvalue weighted by atomic mass is 32.2. The molecule has 13 aromatic rings. The van der Waals surface area contributed by atoms with E-state index in [1.807, 2.05) is 159 Å². The molecule has 4 aliphatic rings. The molecule has 0 bridgehead atoms. The van der Waals surface area contributed by atoms with Crippen molar-refractivity contribution in [3.05, 3.63) is 370 Å². The number of para-hydroxylation sites is 1. The molecule has 27 heteroatoms. The van der Waals surface area contributed by atoms with E-state index in [2.05, 4.69) is 65.8 Å². The zero-order valence-corrected chi connectivity index (χ0v) is 68.4. The Morgan fingerprint density at radius 3 is 1.52 bits per heavy atom. The van der Waals surface area contributed by atoms with Crippen molar-refractivity contribution < 1.29 is 54.6 Å². The number of carbonyl (C=O) groups is 4. The molecule has 0 aliphatic carbocycles. The summed E-state index contributed by atoms with van der Waals surface area (Å²) in [6.45, 7) is 22.4. The number of sulfone groups is 1. The number of pyridine rings is 1. The number of allylic oxidation sites excluding steroid dienone is 3. The second kappa shape index (κ2) is 37.1. The lowest BCUT2D eigenvalue weighted by molar-refractivity contribution is -0.137. The molecule has 17 rings (SSSR count). The van der Waals surface area contributed by atoms with Gasteiger partial charge in [-0.1, -0.05) is 92.5 Å². The third-order valence-corrected chi connectivity index (χ3v) is 21.2. The van der Waals surface area contributed by atoms with Crippen LogP contribution in [-0.4, -0.2) is 100.0 Å². The van der Waals surface area contributed by atoms with Crippen LogP contribution >= 0.6 is 0 Å². The average Bonchev–Trinajstić information content (AvgIpc) is 1.65. The van der Waals surface area contributed by atoms with Crippen LogP contribution in [0.5, 0.6) is 17.2 Å². The highest BCUT2D eigenvalue weighted by Crippen LogP contribution is 2.42. The average molecular weight is 1670 g/mol. The zero-order valence-electron chi connectivity index (χ0n) is 67.5. The predicted octanol–water partition coefficient (Wildman–Crippen LogP) is 20.1. The lowest BCUT2D eigenvalue weighted by atomic mass is 10.1. The maximum atomic E-state index is 13.3. The SMILES string of the molecule is C=C1C=Cc2cc(C(=O)NCCN3CCCC3)[nH]c2N1c1ccc(OC(C)C)cc1.C=C1C=Cc2cc(C(=O)Nc3cccc(Oc4ccccc4)c3)[nH]c2N1c1ccc(C(F)(F)F)cc1.C=C1C=Cc2cc(C(=O)Nc3cccc(S(C)(=O)=O)c3)[nH]c2N1c1ccc(F)cc1.Cc1cccc(-n2c(=O)ccc3cc(C(=O)NCc4ccccc4)[nH]c32)c1. The first-order valence-corrected chi connectivity index (χ1v) is 41.3. The van der Waals surface area contributed by atoms with Gasteiger partial charge in [-0.15, -0.1) is 0 Å². The van der Waals surface area contributed by atoms with Gasteiger partial charge in [-0.05, 0) is 252 Å². The first kappa shape index (κ1) is 84.5. The van der Waals surface area contributed by atoms with Crippen molar-refractivity contribution in [3.63, 3.8) is 0 Å². The molecule has 0 saturated carbocycles. The maximum absolute atomic E-state index is 13.3. The van der Waals surface area contributed by atoms with Gasteiger partial charge in [0.2, 0.25) is 0 Å². The lowest BCUT2D eigenvalue weighted by Crippen LogP contribution is -2.33. The molecular formula is C96H87F4N13O9S. The number of halogens is 4. The number of aryl methyl sites for hydroxylation is 1. The van der Waals surface area contributed by atoms with Gasteiger partial charge in [0.1, 0.15) is 68.9 Å². The first-order valence-electron chi connectivity index (χ1n) is 39.4. The van der Waals surface area contributed by atoms with Gasteiger partial charge in [-0.25, -0.2) is 12.8 Å². The summed E-state index contributed by atoms with van der Waals surface area (Å²) in [5.41, 5.74) is 11.7. The summed E-state index contributed by atoms with van der Waals surface area (Å²) in [4.78, 5) is 84.0. The van der Waals surface area contributed by atoms with Gasteiger partial charge in [0.05, 0.1) is 22.3 Å². The summed E-state index contributed by atoms with van der Waals surface area (Å²) in [5.74, 6) is 2.65. The van der Waals surface area contributed by atoms with Crippen LogP contribution in [-0.2, 0) is 22.6 Å². The minimum Gasteiger partial charge on any atom is -0.491 e. The number of ether oxygens (including phenoxy) is 2. The van der Waals surface area contributed by atoms with Crippen LogP contribution in [0.25, 0.3) is 34.9 Å². The molecule has 0 atom stereocenters. The fourth-order valence-electron chi connectivity index (χ4n) is 14.1. The number of rotatable bonds is 20. The second-order valence-electron chi connectivity index (χ2n) is 29.6. The van der Waals surface area contributed by atoms with E-state index in [9.17, 15) is 50.0 Å². The van der Waals surface area contributed by atoms with Gasteiger partial charge in [-0.2, -0.15) is 13.2 Å². The molecule has 123 heavy (non-hydrogen) atoms. The monoisotopic (exact) mass is 1670 g/mol. The standard InChI is InChI=1S/C28H20F3N3O2.C24H30N4O2.C22H18FN3O3S.C22H19N3O2/c1-18-10-11-19-16-25(33-26(19)34(18)22-14-12-20(13-15-22)28(29,30)31)27(35)32-21-6-5-9-24(17-21)36-23-7-3-2-4-8-23;1-17(2)30-21-10-8-20(9-11-21)28-18(3)6-7-19-16-22(26-23(19)28)24(29)25-12-15-27-13-4-5-14-27;1-14-6-7-15-12-20(25-21(15)26(14)18-10-8-16(23)9-11-18)22(27)24-17-4-3-5-19(13-17)30(2,28)29;1-15-6-5-9-18(12-15)25-20(26)11-10-17-13-19(24-21(17)25)22(27)23-14-16-7-3-2-4-8-16/h2-17,33H,1H2,(H,32,35);6-11,16-17,26H,3-5,12-15H2,1-2H3,(H,25,29);3-13,25H,1H2,2H3,(H,24,27);2-13,24H,14H2,1H3,(H,23,27). The molecule has 9 heterocycles. The van der Waals surface area contributed by atoms with Crippen molar-refractivity contribution in [2.75, 3.05) is 57.8 Å². The number of likely N-dealkylation sites (tertiary alicyclic amines) is 1. The number of amides is 4. The van der Waals surface area contributed by atoms with E-state index in [0.717, 1.165) is 94.3 Å². The third-order valence-electron chi connectivity index (χ3n) is 20.1. The number of hydrogen-bond donors (Lipinski definition) is 8. The highest BCUT2D eigenvalue weighted by molar-refractivity contribution is 7.90. The summed E-state index contributed by atoms with van der Waals surface area (Å²) in [6, 6.07) is 68.7. The molecule has 8 aromatic carbocycles. The number of H-pyrrole nitrogens is 4. The van der Waals surface area contributed by atoms with Crippen LogP contribution in [0.4, 0.5) is 63.5 Å². The Balaban J connectivity index is 0.000000134. The van der Waals surface area contributed by atoms with E-state index in [0.29, 0.717) is 93.0 Å². The van der Waals surface area contributed by atoms with Crippen LogP contribution in [0.1, 0.15) is 102 Å². The molecule has 1 fully saturated rings. The highest BCUT2D eigenvalue weighted by Gasteiger charge is 2.32. The summed E-state index contributed by atoms with van der Waals surface area (Å²) in [7, 11) is -3.39. The number of hydrogen-bond acceptors (Lipinski definition) is 13. The number of aromatic amines is 4. The van der Waals surface area contributed by atoms with Crippen LogP contribution < -0.4 is 51.0 Å². The molecule has 22 nitrogen and oxygen atoms in total. The zero-order chi connectivity index (χ0) is 86.6. The fraction of sp³-hybridized carbons (Fsp3) is 0.135. The van der Waals surface area contributed by atoms with Gasteiger partial charge in [0.15, 0.2) is 9.84 Å². The summed E-state index contributed by atoms with van der Waals surface area (Å²) in [6.07, 6.45) is 10.4. The van der Waals surface area contributed by atoms with E-state index >= 15 is 0 Å². The van der Waals surface area contributed by atoms with Gasteiger partial charge < -0.3 is 55.6 Å². The summed E-state index contributed by atoms with van der Waals surface area (Å²) < 4.78 is 88.9. The fourth-order valence-corrected chi connectivity index (χ4v) is 14.8. The molecule has 624 valence electrons. The molecule has 0 radical (unpaired) electrons. The van der Waals surface area contributed by atoms with Crippen molar-refractivity contribution in [2.24, 2.45) is 0 Å². The van der Waals surface area contributed by atoms with Crippen LogP contribution in [0.3, 0.4) is 0 Å². The Labute approximate surface area is 707 Å². The van der Waals surface area contributed by atoms with Crippen LogP contribution in [0.2, 0.25) is 0 Å². The topological polar surface area (TPSA) is 267 Å². The molecule has 1 saturated heterocycles. The molecule has 4 aliphatic heterocycles. The Morgan fingerprint density at radius 2 is 0.984 bits per heavy atom. The first-order chi connectivity index (χ1) is 59.1. The van der Waals surface area contributed by atoms with E-state index in [1.54, 1.807) is 105 Å². The maximum Gasteiger partial charge on any atom is 0.416 e. The molecule has 8 N–H and O–H groups in total. The Bertz CT molecular complexity index is 6400. The van der Waals surface area contributed by atoms with E-state index in [-0.39, 0.29) is 51.5 Å². The lowest BCUT2D eigenvalue weighted by Gasteiger charge is -2.27. The minimum atomic E-state index is -4.43. The largest absolute Gasteiger partial charge is 0.491 e. The number of nitrogens with zero attached hydrogens (tertiary/aromatic N) is 5. The predicted molar refractivity (Wildman–Crippen MR) is 476 cm³/mol. The van der Waals surface area contributed by atoms with E-state index < -0.39 is 27.5 Å². The minimum absolute atomic E-state index is 0.0803. The number of fused-ring (bicyclic) bond motifs is 4. The van der Waals surface area contributed by atoms with E-state index in [4.69, 9.17) is 9.47 Å². The van der Waals surface area contributed by atoms with Crippen molar-refractivity contribution in [2.45, 2.75) is 57.3 Å². The summed E-state index contributed by atoms with van der Waals surface area (Å²) in [5, 5.41) is 12.3. The van der Waals surface area contributed by atoms with Gasteiger partial charge >= 0.3 is 6.18 Å². The summed E-state index contributed by atoms with van der Waals surface area (Å²) >= 11 is 0. The van der Waals surface area contributed by atoms with Crippen LogP contribution in [0.15, 0.2) is 307 Å². The van der Waals surface area contributed by atoms with Crippen LogP contribution in [0, 0.1) is 12.7 Å². The molecule has 0 unspecified atom stereocenters. The second-order valence-corrected chi connectivity index (χ2v) is 31.6. The number of alkyl halides is 3. The number of anilines is 8. The van der Waals surface area contributed by atoms with E-state index in [1.165, 1.54) is 55.3 Å². The van der Waals surface area contributed by atoms with Crippen molar-refractivity contribution in [1.29, 1.82) is 0 Å². The number of aromatic nitrogens is 5. The normalized spacial score (nSPS) is 13.3. The number of benzene rings is 8. The van der Waals surface area contributed by atoms with Crippen molar-refractivity contribution in [3.8, 4) is 22.9 Å². The van der Waals surface area contributed by atoms with Gasteiger partial charge in [0.25, 0.3) is 29.2 Å². The smallest absolute Gasteiger partial charge is 0.416 e. The Kier molecular flexibility index (Phi) is 25.5. The Morgan fingerprint density at radius 1 is 0.496 bits per heavy atom. The molecule has 0 spiro atoms. The number of nitrogens with one attached hydrogen (secondary N) is 8. The quantitative estimate of drug-likeness (QED) is 0.0330. The van der Waals surface area contributed by atoms with Gasteiger partial charge in [0, 0.05) is 106 Å². The molecule has 4 amide bonds. The van der Waals surface area contributed by atoms with Crippen molar-refractivity contribution >= 4 is 109 Å². The molecular weight excluding hydrogens is 1590 g/mol. The molecule has 5 aromatic heterocycles.